The van der Waals surface area contributed by atoms with E-state index in [1.54, 1.807) is 0 Å². The number of aryl methyl sites for hydroxylation is 16. The standard InChI is InChI=1S/2C12H15N.3C11H13N.5C2H6/c1-8-7-11-5-6-13(4)12(11)10(3)9(8)2;1-8-7-9(2)12-11(10(8)3)5-6-13(12)4;1-8-6-9(2)10-4-5-12(3)11(10)7-8;1-8-4-5-10-6-7-12(3)11(10)9(8)2;1-8-4-5-9(2)11-10(8)6-7-12(11)3;5*1-2/h2*5-7H,1-4H3;3*4-7H,1-3H3;5*1-2H3. The van der Waals surface area contributed by atoms with Gasteiger partial charge in [-0.25, -0.2) is 0 Å². The molecule has 0 amide bonds. The second kappa shape index (κ2) is 30.6. The highest BCUT2D eigenvalue weighted by Gasteiger charge is 2.08. The predicted octanol–water partition coefficient (Wildman–Crippen LogP) is 19.7. The van der Waals surface area contributed by atoms with E-state index < -0.39 is 0 Å². The summed E-state index contributed by atoms with van der Waals surface area (Å²) in [5.74, 6) is 0. The summed E-state index contributed by atoms with van der Waals surface area (Å²) in [6.45, 7) is 46.1. The van der Waals surface area contributed by atoms with Crippen LogP contribution in [0.3, 0.4) is 0 Å². The monoisotopic (exact) mass is 974 g/mol. The van der Waals surface area contributed by atoms with Gasteiger partial charge in [-0.1, -0.05) is 106 Å². The Balaban J connectivity index is 0.000000431. The van der Waals surface area contributed by atoms with Crippen LogP contribution < -0.4 is 0 Å². The maximum atomic E-state index is 2.26. The van der Waals surface area contributed by atoms with Gasteiger partial charge in [-0.05, 0) is 198 Å². The Kier molecular flexibility index (Phi) is 27.1. The van der Waals surface area contributed by atoms with E-state index in [9.17, 15) is 0 Å². The quantitative estimate of drug-likeness (QED) is 0.145. The number of nitrogens with zero attached hydrogens (tertiary/aromatic N) is 5. The molecule has 0 aliphatic carbocycles. The predicted molar refractivity (Wildman–Crippen MR) is 328 cm³/mol. The van der Waals surface area contributed by atoms with Gasteiger partial charge in [0.15, 0.2) is 0 Å². The Hall–Kier alpha value is -6.20. The number of hydrogen-bond donors (Lipinski definition) is 0. The molecule has 5 nitrogen and oxygen atoms in total. The summed E-state index contributed by atoms with van der Waals surface area (Å²) in [6.07, 6.45) is 10.6. The molecule has 0 bridgehead atoms. The van der Waals surface area contributed by atoms with Gasteiger partial charge in [-0.15, -0.1) is 0 Å². The second-order valence-electron chi connectivity index (χ2n) is 17.8. The van der Waals surface area contributed by atoms with Crippen molar-refractivity contribution in [2.24, 2.45) is 35.2 Å². The first-order valence-electron chi connectivity index (χ1n) is 26.9. The van der Waals surface area contributed by atoms with Gasteiger partial charge in [0.05, 0.1) is 22.1 Å². The van der Waals surface area contributed by atoms with E-state index in [0.29, 0.717) is 0 Å². The minimum atomic E-state index is 1.33. The van der Waals surface area contributed by atoms with Gasteiger partial charge < -0.3 is 22.8 Å². The zero-order valence-electron chi connectivity index (χ0n) is 50.6. The van der Waals surface area contributed by atoms with Gasteiger partial charge in [0.1, 0.15) is 0 Å². The fourth-order valence-electron chi connectivity index (χ4n) is 9.18. The number of hydrogen-bond acceptors (Lipinski definition) is 0. The van der Waals surface area contributed by atoms with Gasteiger partial charge in [0.25, 0.3) is 0 Å². The zero-order valence-corrected chi connectivity index (χ0v) is 50.6. The van der Waals surface area contributed by atoms with Crippen LogP contribution in [0.1, 0.15) is 136 Å². The molecule has 0 N–H and O–H groups in total. The van der Waals surface area contributed by atoms with Gasteiger partial charge in [-0.2, -0.15) is 0 Å². The van der Waals surface area contributed by atoms with Crippen molar-refractivity contribution in [2.75, 3.05) is 0 Å². The molecule has 392 valence electrons. The molecule has 0 aliphatic rings. The fraction of sp³-hybridized carbons (Fsp3) is 0.403. The minimum Gasteiger partial charge on any atom is -0.351 e. The van der Waals surface area contributed by atoms with Crippen molar-refractivity contribution in [3.05, 3.63) is 177 Å². The first-order valence-corrected chi connectivity index (χ1v) is 26.9. The molecule has 5 aromatic heterocycles. The highest BCUT2D eigenvalue weighted by molar-refractivity contribution is 5.89. The maximum Gasteiger partial charge on any atom is 0.0510 e. The normalized spacial score (nSPS) is 9.88. The van der Waals surface area contributed by atoms with Crippen molar-refractivity contribution in [3.63, 3.8) is 0 Å². The summed E-state index contributed by atoms with van der Waals surface area (Å²) in [7, 11) is 10.5. The third-order valence-electron chi connectivity index (χ3n) is 13.2. The van der Waals surface area contributed by atoms with Crippen LogP contribution in [0.5, 0.6) is 0 Å². The Bertz CT molecular complexity index is 3190. The molecule has 0 spiro atoms. The van der Waals surface area contributed by atoms with E-state index in [1.165, 1.54) is 121 Å². The average Bonchev–Trinajstić information content (AvgIpc) is 4.24. The van der Waals surface area contributed by atoms with Crippen molar-refractivity contribution < 1.29 is 0 Å². The van der Waals surface area contributed by atoms with Crippen LogP contribution in [0.2, 0.25) is 0 Å². The molecule has 5 aromatic carbocycles. The fourth-order valence-corrected chi connectivity index (χ4v) is 9.18. The average molecular weight is 975 g/mol. The highest BCUT2D eigenvalue weighted by atomic mass is 14.9. The lowest BCUT2D eigenvalue weighted by molar-refractivity contribution is 0.962. The Morgan fingerprint density at radius 1 is 0.250 bits per heavy atom. The lowest BCUT2D eigenvalue weighted by Gasteiger charge is -2.08. The molecular formula is C67H99N5. The van der Waals surface area contributed by atoms with Crippen LogP contribution in [0.25, 0.3) is 54.5 Å². The molecule has 0 radical (unpaired) electrons. The molecule has 5 heteroatoms. The first kappa shape index (κ1) is 63.8. The van der Waals surface area contributed by atoms with E-state index in [-0.39, 0.29) is 0 Å². The van der Waals surface area contributed by atoms with Gasteiger partial charge in [0.2, 0.25) is 0 Å². The largest absolute Gasteiger partial charge is 0.351 e. The van der Waals surface area contributed by atoms with E-state index >= 15 is 0 Å². The lowest BCUT2D eigenvalue weighted by Crippen LogP contribution is -1.92. The van der Waals surface area contributed by atoms with E-state index in [4.69, 9.17) is 0 Å². The van der Waals surface area contributed by atoms with Crippen molar-refractivity contribution in [2.45, 2.75) is 152 Å². The summed E-state index contributed by atoms with van der Waals surface area (Å²) in [5.41, 5.74) is 23.3. The number of aromatic nitrogens is 5. The molecular weight excluding hydrogens is 875 g/mol. The molecule has 10 aromatic rings. The highest BCUT2D eigenvalue weighted by Crippen LogP contribution is 2.27. The summed E-state index contributed by atoms with van der Waals surface area (Å²) in [5, 5.41) is 6.81. The van der Waals surface area contributed by atoms with Gasteiger partial charge >= 0.3 is 0 Å². The van der Waals surface area contributed by atoms with Crippen LogP contribution in [-0.2, 0) is 35.2 Å². The molecule has 72 heavy (non-hydrogen) atoms. The molecule has 0 saturated carbocycles. The second-order valence-corrected chi connectivity index (χ2v) is 17.8. The van der Waals surface area contributed by atoms with Crippen LogP contribution >= 0.6 is 0 Å². The first-order chi connectivity index (χ1) is 34.3. The van der Waals surface area contributed by atoms with Gasteiger partial charge in [-0.3, -0.25) is 0 Å². The van der Waals surface area contributed by atoms with Crippen LogP contribution in [0.4, 0.5) is 0 Å². The summed E-state index contributed by atoms with van der Waals surface area (Å²) in [4.78, 5) is 0. The SMILES string of the molecule is CC.CC.CC.CC.CC.Cc1cc(C)c2c(ccn2C)c1C.Cc1cc(C)c2ccn(C)c2c1.Cc1cc2ccn(C)c2c(C)c1C.Cc1ccc(C)c2c1ccn2C.Cc1ccc2ccn(C)c2c1C. The molecule has 0 aliphatic heterocycles. The lowest BCUT2D eigenvalue weighted by atomic mass is 10.0. The summed E-state index contributed by atoms with van der Waals surface area (Å²) >= 11 is 0. The van der Waals surface area contributed by atoms with Gasteiger partial charge in [0, 0.05) is 93.3 Å². The maximum absolute atomic E-state index is 2.26. The molecule has 10 rings (SSSR count). The zero-order chi connectivity index (χ0) is 55.3. The Morgan fingerprint density at radius 3 is 1.22 bits per heavy atom. The molecule has 0 saturated heterocycles. The molecule has 5 heterocycles. The summed E-state index contributed by atoms with van der Waals surface area (Å²) < 4.78 is 10.9. The Morgan fingerprint density at radius 2 is 0.667 bits per heavy atom. The van der Waals surface area contributed by atoms with Crippen molar-refractivity contribution in [3.8, 4) is 0 Å². The van der Waals surface area contributed by atoms with E-state index in [0.717, 1.165) is 0 Å². The van der Waals surface area contributed by atoms with Crippen molar-refractivity contribution >= 4 is 54.5 Å². The third-order valence-corrected chi connectivity index (χ3v) is 13.2. The van der Waals surface area contributed by atoms with Crippen LogP contribution in [0.15, 0.2) is 110 Å². The summed E-state index contributed by atoms with van der Waals surface area (Å²) in [6, 6.07) is 28.6. The van der Waals surface area contributed by atoms with E-state index in [1.807, 2.05) is 69.2 Å². The molecule has 0 fully saturated rings. The third kappa shape index (κ3) is 15.2. The molecule has 0 unspecified atom stereocenters. The van der Waals surface area contributed by atoms with Crippen LogP contribution in [0, 0.1) is 83.1 Å². The number of rotatable bonds is 0. The Labute approximate surface area is 439 Å². The minimum absolute atomic E-state index is 1.33. The van der Waals surface area contributed by atoms with E-state index in [2.05, 4.69) is 251 Å². The smallest absolute Gasteiger partial charge is 0.0510 e. The van der Waals surface area contributed by atoms with Crippen LogP contribution in [-0.4, -0.2) is 22.8 Å². The number of fused-ring (bicyclic) bond motifs is 5. The van der Waals surface area contributed by atoms with Crippen molar-refractivity contribution in [1.29, 1.82) is 0 Å². The molecule has 0 atom stereocenters. The topological polar surface area (TPSA) is 24.6 Å². The van der Waals surface area contributed by atoms with Crippen molar-refractivity contribution in [1.82, 2.24) is 22.8 Å². The number of benzene rings is 5.